The zero-order chi connectivity index (χ0) is 11.1. The van der Waals surface area contributed by atoms with Gasteiger partial charge in [0, 0.05) is 48.5 Å². The van der Waals surface area contributed by atoms with Gasteiger partial charge in [0.25, 0.3) is 0 Å². The number of hydrogen-bond donors (Lipinski definition) is 0. The summed E-state index contributed by atoms with van der Waals surface area (Å²) in [5.74, 6) is -0.128. The summed E-state index contributed by atoms with van der Waals surface area (Å²) < 4.78 is 0. The van der Waals surface area contributed by atoms with E-state index in [2.05, 4.69) is 0 Å². The summed E-state index contributed by atoms with van der Waals surface area (Å²) in [6.45, 7) is 0. The van der Waals surface area contributed by atoms with Crippen LogP contribution in [0.5, 0.6) is 0 Å². The van der Waals surface area contributed by atoms with Crippen LogP contribution in [0.3, 0.4) is 0 Å². The molecule has 3 rings (SSSR count). The Morgan fingerprint density at radius 2 is 0.765 bits per heavy atom. The molecule has 0 heterocycles. The molecule has 0 amide bonds. The Labute approximate surface area is 118 Å². The third-order valence-electron chi connectivity index (χ3n) is 2.83. The van der Waals surface area contributed by atoms with Crippen LogP contribution in [-0.2, 0) is 26.2 Å². The van der Waals surface area contributed by atoms with Crippen molar-refractivity contribution in [3.05, 3.63) is 70.8 Å². The van der Waals surface area contributed by atoms with Gasteiger partial charge in [-0.25, -0.2) is 0 Å². The minimum absolute atomic E-state index is 0. The van der Waals surface area contributed by atoms with Crippen molar-refractivity contribution in [1.29, 1.82) is 0 Å². The van der Waals surface area contributed by atoms with Crippen molar-refractivity contribution in [3.8, 4) is 0 Å². The molecule has 0 fully saturated rings. The normalized spacial score (nSPS) is 12.5. The Morgan fingerprint density at radius 1 is 0.529 bits per heavy atom. The first-order chi connectivity index (χ1) is 7.79. The monoisotopic (exact) mass is 298 g/mol. The van der Waals surface area contributed by atoms with Gasteiger partial charge in [0.05, 0.1) is 0 Å². The molecular weight excluding hydrogens is 291 g/mol. The summed E-state index contributed by atoms with van der Waals surface area (Å²) >= 11 is 0. The van der Waals surface area contributed by atoms with E-state index in [1.165, 1.54) is 0 Å². The van der Waals surface area contributed by atoms with Crippen molar-refractivity contribution in [3.63, 3.8) is 0 Å². The first kappa shape index (κ1) is 12.1. The molecule has 0 spiro atoms. The molecule has 3 heteroatoms. The zero-order valence-electron chi connectivity index (χ0n) is 8.94. The van der Waals surface area contributed by atoms with Gasteiger partial charge in [-0.2, -0.15) is 0 Å². The molecule has 0 saturated carbocycles. The largest absolute Gasteiger partial charge is 0.289 e. The van der Waals surface area contributed by atoms with E-state index in [9.17, 15) is 9.59 Å². The molecule has 80 valence electrons. The van der Waals surface area contributed by atoms with Crippen molar-refractivity contribution in [1.82, 2.24) is 0 Å². The predicted molar refractivity (Wildman–Crippen MR) is 59.7 cm³/mol. The summed E-state index contributed by atoms with van der Waals surface area (Å²) in [7, 11) is 0. The van der Waals surface area contributed by atoms with Gasteiger partial charge in [-0.3, -0.25) is 9.59 Å². The van der Waals surface area contributed by atoms with Crippen molar-refractivity contribution < 1.29 is 35.8 Å². The van der Waals surface area contributed by atoms with Gasteiger partial charge in [0.2, 0.25) is 0 Å². The molecule has 0 unspecified atom stereocenters. The number of rotatable bonds is 0. The van der Waals surface area contributed by atoms with Crippen LogP contribution in [0.15, 0.2) is 48.5 Å². The second-order valence-electron chi connectivity index (χ2n) is 3.75. The van der Waals surface area contributed by atoms with Gasteiger partial charge in [0.1, 0.15) is 0 Å². The quantitative estimate of drug-likeness (QED) is 0.639. The molecule has 1 aliphatic carbocycles. The fourth-order valence-electron chi connectivity index (χ4n) is 2.05. The van der Waals surface area contributed by atoms with E-state index in [-0.39, 0.29) is 37.8 Å². The van der Waals surface area contributed by atoms with Crippen LogP contribution >= 0.6 is 0 Å². The van der Waals surface area contributed by atoms with Crippen molar-refractivity contribution >= 4 is 11.6 Å². The number of benzene rings is 2. The Hall–Kier alpha value is -1.34. The smallest absolute Gasteiger partial charge is 0.194 e. The molecule has 0 bridgehead atoms. The van der Waals surface area contributed by atoms with Gasteiger partial charge >= 0.3 is 0 Å². The fourth-order valence-corrected chi connectivity index (χ4v) is 2.05. The van der Waals surface area contributed by atoms with Crippen LogP contribution in [0.25, 0.3) is 0 Å². The summed E-state index contributed by atoms with van der Waals surface area (Å²) in [6.07, 6.45) is 0. The Morgan fingerprint density at radius 3 is 1.00 bits per heavy atom. The van der Waals surface area contributed by atoms with Gasteiger partial charge in [-0.1, -0.05) is 48.5 Å². The maximum Gasteiger partial charge on any atom is 0.194 e. The molecule has 2 aromatic carbocycles. The molecule has 2 nitrogen and oxygen atoms in total. The Balaban J connectivity index is 0.00000108. The second kappa shape index (κ2) is 4.50. The Bertz CT molecular complexity index is 512. The Kier molecular flexibility index (Phi) is 3.21. The van der Waals surface area contributed by atoms with Crippen LogP contribution in [0.2, 0.25) is 0 Å². The molecule has 1 aliphatic rings. The standard InChI is InChI=1S/C14H8O2.Zr/c15-13-9-5-1-2-6-10(9)14(16)12-8-4-3-7-11(12)13;/h1-8H;. The van der Waals surface area contributed by atoms with E-state index in [4.69, 9.17) is 0 Å². The first-order valence-electron chi connectivity index (χ1n) is 5.06. The molecule has 0 atom stereocenters. The number of hydrogen-bond acceptors (Lipinski definition) is 2. The molecule has 2 aromatic rings. The maximum atomic E-state index is 12.1. The zero-order valence-corrected chi connectivity index (χ0v) is 11.4. The molecule has 0 aliphatic heterocycles. The van der Waals surface area contributed by atoms with Gasteiger partial charge < -0.3 is 0 Å². The number of carbonyl (C=O) groups excluding carboxylic acids is 2. The first-order valence-corrected chi connectivity index (χ1v) is 5.06. The van der Waals surface area contributed by atoms with E-state index in [0.717, 1.165) is 0 Å². The van der Waals surface area contributed by atoms with E-state index < -0.39 is 0 Å². The molecular formula is C14H8O2Zr. The van der Waals surface area contributed by atoms with Crippen LogP contribution in [0.4, 0.5) is 0 Å². The van der Waals surface area contributed by atoms with Gasteiger partial charge in [-0.15, -0.1) is 0 Å². The minimum atomic E-state index is -0.0641. The van der Waals surface area contributed by atoms with Crippen LogP contribution in [0.1, 0.15) is 31.8 Å². The van der Waals surface area contributed by atoms with Crippen LogP contribution in [-0.4, -0.2) is 11.6 Å². The van der Waals surface area contributed by atoms with Crippen molar-refractivity contribution in [2.75, 3.05) is 0 Å². The number of fused-ring (bicyclic) bond motifs is 2. The molecule has 0 aromatic heterocycles. The van der Waals surface area contributed by atoms with E-state index in [1.54, 1.807) is 48.5 Å². The summed E-state index contributed by atoms with van der Waals surface area (Å²) in [4.78, 5) is 24.2. The maximum absolute atomic E-state index is 12.1. The average molecular weight is 299 g/mol. The summed E-state index contributed by atoms with van der Waals surface area (Å²) in [5, 5.41) is 0. The van der Waals surface area contributed by atoms with Gasteiger partial charge in [0.15, 0.2) is 11.6 Å². The van der Waals surface area contributed by atoms with E-state index >= 15 is 0 Å². The summed E-state index contributed by atoms with van der Waals surface area (Å²) in [5.41, 5.74) is 2.02. The summed E-state index contributed by atoms with van der Waals surface area (Å²) in [6, 6.07) is 13.9. The minimum Gasteiger partial charge on any atom is -0.289 e. The second-order valence-corrected chi connectivity index (χ2v) is 3.75. The van der Waals surface area contributed by atoms with Crippen LogP contribution < -0.4 is 0 Å². The topological polar surface area (TPSA) is 34.1 Å². The van der Waals surface area contributed by atoms with Crippen molar-refractivity contribution in [2.45, 2.75) is 0 Å². The average Bonchev–Trinajstić information content (AvgIpc) is 2.36. The number of carbonyl (C=O) groups is 2. The molecule has 17 heavy (non-hydrogen) atoms. The van der Waals surface area contributed by atoms with Crippen molar-refractivity contribution in [2.24, 2.45) is 0 Å². The predicted octanol–water partition coefficient (Wildman–Crippen LogP) is 2.46. The van der Waals surface area contributed by atoms with E-state index in [1.807, 2.05) is 0 Å². The molecule has 0 N–H and O–H groups in total. The molecule has 0 saturated heterocycles. The third kappa shape index (κ3) is 1.75. The van der Waals surface area contributed by atoms with Crippen LogP contribution in [0, 0.1) is 0 Å². The SMILES string of the molecule is O=C1c2ccccc2C(=O)c2ccccc21.[Zr]. The van der Waals surface area contributed by atoms with Gasteiger partial charge in [-0.05, 0) is 0 Å². The number of ketones is 2. The fraction of sp³-hybridized carbons (Fsp3) is 0. The van der Waals surface area contributed by atoms with E-state index in [0.29, 0.717) is 22.3 Å². The molecule has 0 radical (unpaired) electrons. The third-order valence-corrected chi connectivity index (χ3v) is 2.83.